The van der Waals surface area contributed by atoms with Gasteiger partial charge in [-0.3, -0.25) is 14.9 Å². The molecule has 35 heavy (non-hydrogen) atoms. The Morgan fingerprint density at radius 3 is 2.57 bits per heavy atom. The van der Waals surface area contributed by atoms with Crippen molar-refractivity contribution in [3.05, 3.63) is 81.8 Å². The second-order valence-corrected chi connectivity index (χ2v) is 7.88. The van der Waals surface area contributed by atoms with Crippen molar-refractivity contribution >= 4 is 35.5 Å². The molecule has 11 nitrogen and oxygen atoms in total. The second kappa shape index (κ2) is 12.2. The fourth-order valence-electron chi connectivity index (χ4n) is 2.74. The minimum absolute atomic E-state index is 0.0143. The van der Waals surface area contributed by atoms with Gasteiger partial charge in [-0.1, -0.05) is 0 Å². The van der Waals surface area contributed by atoms with Crippen molar-refractivity contribution in [2.75, 3.05) is 12.4 Å². The normalized spacial score (nSPS) is 10.8. The number of nitro benzene ring substituents is 1. The smallest absolute Gasteiger partial charge is 0.371 e. The van der Waals surface area contributed by atoms with E-state index in [1.807, 2.05) is 6.92 Å². The lowest BCUT2D eigenvalue weighted by molar-refractivity contribution is -0.384. The number of carbonyl (C=O) groups is 2. The summed E-state index contributed by atoms with van der Waals surface area (Å²) < 4.78 is 16.5. The molecule has 2 N–H and O–H groups in total. The highest BCUT2D eigenvalue weighted by Crippen LogP contribution is 2.29. The highest BCUT2D eigenvalue weighted by molar-refractivity contribution is 8.00. The first kappa shape index (κ1) is 25.3. The molecule has 1 heterocycles. The van der Waals surface area contributed by atoms with Crippen molar-refractivity contribution in [2.24, 2.45) is 5.10 Å². The zero-order valence-electron chi connectivity index (χ0n) is 18.5. The third-order valence-corrected chi connectivity index (χ3v) is 5.34. The molecule has 0 fully saturated rings. The maximum Gasteiger partial charge on any atom is 0.371 e. The number of non-ortho nitro benzene ring substituents is 1. The van der Waals surface area contributed by atoms with E-state index in [0.29, 0.717) is 29.4 Å². The van der Waals surface area contributed by atoms with E-state index in [-0.39, 0.29) is 29.7 Å². The summed E-state index contributed by atoms with van der Waals surface area (Å²) >= 11 is 1.23. The van der Waals surface area contributed by atoms with Crippen LogP contribution in [0.5, 0.6) is 11.5 Å². The van der Waals surface area contributed by atoms with Gasteiger partial charge >= 0.3 is 5.97 Å². The Kier molecular flexibility index (Phi) is 8.84. The van der Waals surface area contributed by atoms with Crippen molar-refractivity contribution in [3.63, 3.8) is 0 Å². The number of amides is 1. The Morgan fingerprint density at radius 2 is 1.91 bits per heavy atom. The van der Waals surface area contributed by atoms with Crippen LogP contribution in [0.3, 0.4) is 0 Å². The molecule has 0 atom stereocenters. The van der Waals surface area contributed by atoms with Gasteiger partial charge in [-0.15, -0.1) is 11.8 Å². The first-order valence-corrected chi connectivity index (χ1v) is 11.2. The molecule has 0 aliphatic heterocycles. The first-order chi connectivity index (χ1) is 16.9. The van der Waals surface area contributed by atoms with E-state index in [2.05, 4.69) is 10.5 Å². The number of carbonyl (C=O) groups excluding carboxylic acids is 1. The molecule has 182 valence electrons. The minimum atomic E-state index is -1.16. The Labute approximate surface area is 203 Å². The summed E-state index contributed by atoms with van der Waals surface area (Å²) in [5.41, 5.74) is 3.06. The van der Waals surface area contributed by atoms with Gasteiger partial charge in [0.2, 0.25) is 11.7 Å². The molecule has 3 aromatic rings. The van der Waals surface area contributed by atoms with Crippen LogP contribution in [-0.2, 0) is 11.4 Å². The predicted octanol–water partition coefficient (Wildman–Crippen LogP) is 4.11. The SMILES string of the molecule is CCOc1cc(C=NNC(=O)CSc2ccc([N+](=O)[O-])cc2)ccc1OCc1ccc(C(=O)O)o1. The third-order valence-electron chi connectivity index (χ3n) is 4.33. The molecule has 1 aromatic heterocycles. The average molecular weight is 500 g/mol. The van der Waals surface area contributed by atoms with Crippen LogP contribution in [0.1, 0.15) is 28.8 Å². The van der Waals surface area contributed by atoms with Crippen LogP contribution in [0.25, 0.3) is 0 Å². The number of rotatable bonds is 12. The Balaban J connectivity index is 1.53. The van der Waals surface area contributed by atoms with Gasteiger partial charge < -0.3 is 19.0 Å². The summed E-state index contributed by atoms with van der Waals surface area (Å²) in [6, 6.07) is 13.8. The molecule has 0 saturated heterocycles. The maximum absolute atomic E-state index is 12.0. The van der Waals surface area contributed by atoms with Crippen molar-refractivity contribution in [1.82, 2.24) is 5.43 Å². The molecule has 0 radical (unpaired) electrons. The number of benzene rings is 2. The maximum atomic E-state index is 12.0. The fourth-order valence-corrected chi connectivity index (χ4v) is 3.43. The van der Waals surface area contributed by atoms with Crippen LogP contribution in [-0.4, -0.2) is 40.5 Å². The number of carboxylic acid groups (broad SMARTS) is 1. The quantitative estimate of drug-likeness (QED) is 0.162. The summed E-state index contributed by atoms with van der Waals surface area (Å²) in [6.07, 6.45) is 1.45. The topological polar surface area (TPSA) is 154 Å². The molecule has 0 unspecified atom stereocenters. The highest BCUT2D eigenvalue weighted by atomic mass is 32.2. The van der Waals surface area contributed by atoms with E-state index in [1.165, 1.54) is 42.2 Å². The monoisotopic (exact) mass is 499 g/mol. The van der Waals surface area contributed by atoms with Crippen molar-refractivity contribution in [3.8, 4) is 11.5 Å². The molecule has 0 aliphatic rings. The standard InChI is InChI=1S/C23H21N3O8S/c1-2-32-21-11-15(3-9-19(21)33-13-17-6-10-20(34-17)23(28)29)12-24-25-22(27)14-35-18-7-4-16(5-8-18)26(30)31/h3-12H,2,13-14H2,1H3,(H,25,27)(H,28,29). The van der Waals surface area contributed by atoms with Gasteiger partial charge in [0.25, 0.3) is 5.69 Å². The largest absolute Gasteiger partial charge is 0.490 e. The van der Waals surface area contributed by atoms with E-state index in [4.69, 9.17) is 19.0 Å². The highest BCUT2D eigenvalue weighted by Gasteiger charge is 2.12. The zero-order chi connectivity index (χ0) is 25.2. The van der Waals surface area contributed by atoms with Gasteiger partial charge in [-0.2, -0.15) is 5.10 Å². The molecule has 2 aromatic carbocycles. The molecular formula is C23H21N3O8S. The van der Waals surface area contributed by atoms with Crippen LogP contribution in [0.4, 0.5) is 5.69 Å². The van der Waals surface area contributed by atoms with Gasteiger partial charge in [0, 0.05) is 17.0 Å². The third kappa shape index (κ3) is 7.61. The Morgan fingerprint density at radius 1 is 1.14 bits per heavy atom. The van der Waals surface area contributed by atoms with Crippen LogP contribution in [0.15, 0.2) is 69.0 Å². The lowest BCUT2D eigenvalue weighted by Gasteiger charge is -2.11. The molecule has 0 spiro atoms. The van der Waals surface area contributed by atoms with Crippen LogP contribution in [0, 0.1) is 10.1 Å². The van der Waals surface area contributed by atoms with Crippen molar-refractivity contribution in [2.45, 2.75) is 18.4 Å². The molecular weight excluding hydrogens is 478 g/mol. The van der Waals surface area contributed by atoms with E-state index >= 15 is 0 Å². The Bertz CT molecular complexity index is 1220. The molecule has 3 rings (SSSR count). The number of hydrogen-bond donors (Lipinski definition) is 2. The summed E-state index contributed by atoms with van der Waals surface area (Å²) in [7, 11) is 0. The molecule has 1 amide bonds. The Hall–Kier alpha value is -4.32. The van der Waals surface area contributed by atoms with Crippen LogP contribution in [0.2, 0.25) is 0 Å². The van der Waals surface area contributed by atoms with Gasteiger partial charge in [0.15, 0.2) is 11.5 Å². The van der Waals surface area contributed by atoms with Crippen molar-refractivity contribution < 1.29 is 33.5 Å². The first-order valence-electron chi connectivity index (χ1n) is 10.3. The van der Waals surface area contributed by atoms with Gasteiger partial charge in [0.05, 0.1) is 23.5 Å². The summed E-state index contributed by atoms with van der Waals surface area (Å²) in [5.74, 6) is -0.358. The number of hydrogen-bond acceptors (Lipinski definition) is 9. The van der Waals surface area contributed by atoms with Gasteiger partial charge in [-0.25, -0.2) is 10.2 Å². The van der Waals surface area contributed by atoms with Crippen molar-refractivity contribution in [1.29, 1.82) is 0 Å². The van der Waals surface area contributed by atoms with E-state index in [0.717, 1.165) is 4.90 Å². The number of furan rings is 1. The molecule has 0 saturated carbocycles. The second-order valence-electron chi connectivity index (χ2n) is 6.83. The predicted molar refractivity (Wildman–Crippen MR) is 127 cm³/mol. The zero-order valence-corrected chi connectivity index (χ0v) is 19.3. The lowest BCUT2D eigenvalue weighted by atomic mass is 10.2. The summed E-state index contributed by atoms with van der Waals surface area (Å²) in [5, 5.41) is 23.6. The number of hydrazone groups is 1. The average Bonchev–Trinajstić information content (AvgIpc) is 3.32. The molecule has 0 bridgehead atoms. The minimum Gasteiger partial charge on any atom is -0.490 e. The number of carboxylic acids is 1. The lowest BCUT2D eigenvalue weighted by Crippen LogP contribution is -2.19. The van der Waals surface area contributed by atoms with Crippen LogP contribution >= 0.6 is 11.8 Å². The number of aromatic carboxylic acids is 1. The number of nitrogens with zero attached hydrogens (tertiary/aromatic N) is 2. The number of ether oxygens (including phenoxy) is 2. The molecule has 0 aliphatic carbocycles. The molecule has 12 heteroatoms. The van der Waals surface area contributed by atoms with E-state index < -0.39 is 10.9 Å². The van der Waals surface area contributed by atoms with Gasteiger partial charge in [-0.05, 0) is 55.0 Å². The number of nitro groups is 1. The summed E-state index contributed by atoms with van der Waals surface area (Å²) in [4.78, 5) is 33.9. The number of nitrogens with one attached hydrogen (secondary N) is 1. The van der Waals surface area contributed by atoms with E-state index in [9.17, 15) is 19.7 Å². The van der Waals surface area contributed by atoms with E-state index in [1.54, 1.807) is 30.3 Å². The van der Waals surface area contributed by atoms with Crippen LogP contribution < -0.4 is 14.9 Å². The summed E-state index contributed by atoms with van der Waals surface area (Å²) in [6.45, 7) is 2.22. The number of thioether (sulfide) groups is 1. The fraction of sp³-hybridized carbons (Fsp3) is 0.174. The van der Waals surface area contributed by atoms with Gasteiger partial charge in [0.1, 0.15) is 12.4 Å².